The molecule has 0 saturated heterocycles. The van der Waals surface area contributed by atoms with Crippen LogP contribution in [0.3, 0.4) is 0 Å². The number of ether oxygens (including phenoxy) is 4. The molecule has 0 N–H and O–H groups in total. The van der Waals surface area contributed by atoms with Crippen LogP contribution in [-0.2, 0) is 10.2 Å². The monoisotopic (exact) mass is 550 g/mol. The van der Waals surface area contributed by atoms with Gasteiger partial charge in [0.2, 0.25) is 0 Å². The Labute approximate surface area is 240 Å². The van der Waals surface area contributed by atoms with Crippen LogP contribution in [0, 0.1) is 0 Å². The minimum Gasteiger partial charge on any atom is -0.497 e. The number of methoxy groups -OCH3 is 1. The molecule has 0 radical (unpaired) electrons. The molecule has 6 nitrogen and oxygen atoms in total. The molecular weight excluding hydrogens is 516 g/mol. The van der Waals surface area contributed by atoms with E-state index in [0.717, 1.165) is 29.7 Å². The van der Waals surface area contributed by atoms with E-state index in [2.05, 4.69) is 24.3 Å². The molecule has 0 spiro atoms. The second-order valence-corrected chi connectivity index (χ2v) is 10.2. The van der Waals surface area contributed by atoms with E-state index in [0.29, 0.717) is 23.7 Å². The van der Waals surface area contributed by atoms with Crippen molar-refractivity contribution in [2.24, 2.45) is 0 Å². The van der Waals surface area contributed by atoms with Gasteiger partial charge < -0.3 is 18.9 Å². The van der Waals surface area contributed by atoms with Gasteiger partial charge >= 0.3 is 12.1 Å². The fourth-order valence-corrected chi connectivity index (χ4v) is 5.50. The Morgan fingerprint density at radius 2 is 1.00 bits per heavy atom. The van der Waals surface area contributed by atoms with Crippen molar-refractivity contribution >= 4 is 12.1 Å². The molecule has 0 aliphatic heterocycles. The summed E-state index contributed by atoms with van der Waals surface area (Å²) in [6.45, 7) is 1.75. The van der Waals surface area contributed by atoms with Crippen molar-refractivity contribution in [1.29, 1.82) is 0 Å². The third kappa shape index (κ3) is 6.60. The summed E-state index contributed by atoms with van der Waals surface area (Å²) < 4.78 is 21.5. The minimum atomic E-state index is -0.796. The first-order chi connectivity index (χ1) is 20.0. The summed E-state index contributed by atoms with van der Waals surface area (Å²) in [7, 11) is 1.68. The zero-order chi connectivity index (χ0) is 28.7. The van der Waals surface area contributed by atoms with E-state index in [1.165, 1.54) is 30.4 Å². The van der Waals surface area contributed by atoms with E-state index in [4.69, 9.17) is 18.9 Å². The minimum absolute atomic E-state index is 0.0639. The molecule has 4 aromatic rings. The molecule has 0 amide bonds. The summed E-state index contributed by atoms with van der Waals surface area (Å²) in [5.41, 5.74) is 4.32. The van der Waals surface area contributed by atoms with Gasteiger partial charge in [0.15, 0.2) is 0 Å². The molecule has 5 rings (SSSR count). The molecular formula is C35H34O6. The highest BCUT2D eigenvalue weighted by Gasteiger charge is 2.35. The maximum absolute atomic E-state index is 12.5. The molecule has 1 aliphatic rings. The van der Waals surface area contributed by atoms with Gasteiger partial charge in [0, 0.05) is 11.8 Å². The van der Waals surface area contributed by atoms with Crippen molar-refractivity contribution in [2.45, 2.75) is 50.9 Å². The van der Waals surface area contributed by atoms with Gasteiger partial charge in [0.25, 0.3) is 0 Å². The Bertz CT molecular complexity index is 1450. The SMILES string of the molecule is CCC(=O)Oc1ccc(-c2ccc(OC(=O)Oc3ccc(C4(c5ccc(OC)cc5)CCCCC4)cc3)cc2)cc1. The van der Waals surface area contributed by atoms with Crippen LogP contribution in [0.4, 0.5) is 4.79 Å². The fraction of sp³-hybridized carbons (Fsp3) is 0.257. The standard InChI is InChI=1S/C35H34O6/c1-3-33(36)39-30-15-7-25(8-16-30)26-9-17-31(18-10-26)40-34(37)41-32-21-13-28(14-22-32)35(23-5-4-6-24-35)27-11-19-29(38-2)20-12-27/h7-22H,3-6,23-24H2,1-2H3. The van der Waals surface area contributed by atoms with Crippen LogP contribution in [0.5, 0.6) is 23.0 Å². The highest BCUT2D eigenvalue weighted by molar-refractivity contribution is 5.73. The van der Waals surface area contributed by atoms with Crippen LogP contribution in [0.1, 0.15) is 56.6 Å². The average molecular weight is 551 g/mol. The third-order valence-corrected chi connectivity index (χ3v) is 7.72. The lowest BCUT2D eigenvalue weighted by molar-refractivity contribution is -0.134. The number of hydrogen-bond acceptors (Lipinski definition) is 6. The third-order valence-electron chi connectivity index (χ3n) is 7.72. The lowest BCUT2D eigenvalue weighted by Gasteiger charge is -2.38. The van der Waals surface area contributed by atoms with Crippen LogP contribution in [0.2, 0.25) is 0 Å². The molecule has 1 saturated carbocycles. The fourth-order valence-electron chi connectivity index (χ4n) is 5.50. The van der Waals surface area contributed by atoms with Crippen LogP contribution < -0.4 is 18.9 Å². The Hall–Kier alpha value is -4.58. The van der Waals surface area contributed by atoms with Gasteiger partial charge in [-0.1, -0.05) is 74.7 Å². The maximum atomic E-state index is 12.5. The molecule has 4 aromatic carbocycles. The van der Waals surface area contributed by atoms with E-state index in [9.17, 15) is 9.59 Å². The van der Waals surface area contributed by atoms with E-state index < -0.39 is 6.16 Å². The molecule has 1 fully saturated rings. The number of carbonyl (C=O) groups excluding carboxylic acids is 2. The normalized spacial score (nSPS) is 14.1. The largest absolute Gasteiger partial charge is 0.519 e. The number of esters is 1. The van der Waals surface area contributed by atoms with E-state index in [1.54, 1.807) is 38.3 Å². The van der Waals surface area contributed by atoms with Crippen molar-refractivity contribution < 1.29 is 28.5 Å². The highest BCUT2D eigenvalue weighted by atomic mass is 16.7. The quantitative estimate of drug-likeness (QED) is 0.124. The van der Waals surface area contributed by atoms with Gasteiger partial charge in [-0.25, -0.2) is 4.79 Å². The second-order valence-electron chi connectivity index (χ2n) is 10.2. The molecule has 41 heavy (non-hydrogen) atoms. The smallest absolute Gasteiger partial charge is 0.497 e. The van der Waals surface area contributed by atoms with E-state index in [-0.39, 0.29) is 11.4 Å². The molecule has 6 heteroatoms. The van der Waals surface area contributed by atoms with Gasteiger partial charge in [-0.3, -0.25) is 4.79 Å². The summed E-state index contributed by atoms with van der Waals surface area (Å²) in [5, 5.41) is 0. The number of benzene rings is 4. The van der Waals surface area contributed by atoms with Crippen molar-refractivity contribution in [3.05, 3.63) is 108 Å². The molecule has 0 bridgehead atoms. The van der Waals surface area contributed by atoms with Crippen molar-refractivity contribution in [3.8, 4) is 34.1 Å². The van der Waals surface area contributed by atoms with Gasteiger partial charge in [0.1, 0.15) is 23.0 Å². The van der Waals surface area contributed by atoms with Gasteiger partial charge in [0.05, 0.1) is 7.11 Å². The lowest BCUT2D eigenvalue weighted by atomic mass is 9.65. The zero-order valence-electron chi connectivity index (χ0n) is 23.4. The number of hydrogen-bond donors (Lipinski definition) is 0. The first kappa shape index (κ1) is 28.0. The summed E-state index contributed by atoms with van der Waals surface area (Å²) in [4.78, 5) is 24.0. The van der Waals surface area contributed by atoms with Gasteiger partial charge in [-0.05, 0) is 83.6 Å². The van der Waals surface area contributed by atoms with Crippen molar-refractivity contribution in [3.63, 3.8) is 0 Å². The highest BCUT2D eigenvalue weighted by Crippen LogP contribution is 2.45. The Kier molecular flexibility index (Phi) is 8.68. The molecule has 210 valence electrons. The molecule has 0 heterocycles. The summed E-state index contributed by atoms with van der Waals surface area (Å²) in [6, 6.07) is 30.5. The first-order valence-electron chi connectivity index (χ1n) is 14.0. The molecule has 0 unspecified atom stereocenters. The number of carbonyl (C=O) groups is 2. The first-order valence-corrected chi connectivity index (χ1v) is 14.0. The Morgan fingerprint density at radius 3 is 1.44 bits per heavy atom. The lowest BCUT2D eigenvalue weighted by Crippen LogP contribution is -2.30. The maximum Gasteiger partial charge on any atom is 0.519 e. The van der Waals surface area contributed by atoms with Crippen LogP contribution in [0.25, 0.3) is 11.1 Å². The Morgan fingerprint density at radius 1 is 0.585 bits per heavy atom. The summed E-state index contributed by atoms with van der Waals surface area (Å²) in [6.07, 6.45) is 5.28. The van der Waals surface area contributed by atoms with Gasteiger partial charge in [-0.15, -0.1) is 0 Å². The predicted molar refractivity (Wildman–Crippen MR) is 158 cm³/mol. The Balaban J connectivity index is 1.22. The van der Waals surface area contributed by atoms with Crippen molar-refractivity contribution in [2.75, 3.05) is 7.11 Å². The molecule has 0 atom stereocenters. The summed E-state index contributed by atoms with van der Waals surface area (Å²) in [5.74, 6) is 1.89. The second kappa shape index (κ2) is 12.7. The molecule has 0 aromatic heterocycles. The van der Waals surface area contributed by atoms with Gasteiger partial charge in [-0.2, -0.15) is 0 Å². The zero-order valence-corrected chi connectivity index (χ0v) is 23.4. The van der Waals surface area contributed by atoms with Crippen molar-refractivity contribution in [1.82, 2.24) is 0 Å². The number of rotatable bonds is 8. The summed E-state index contributed by atoms with van der Waals surface area (Å²) >= 11 is 0. The topological polar surface area (TPSA) is 71.1 Å². The van der Waals surface area contributed by atoms with Crippen LogP contribution in [0.15, 0.2) is 97.1 Å². The molecule has 1 aliphatic carbocycles. The van der Waals surface area contributed by atoms with E-state index in [1.807, 2.05) is 48.5 Å². The van der Waals surface area contributed by atoms with E-state index >= 15 is 0 Å². The average Bonchev–Trinajstić information content (AvgIpc) is 3.02. The van der Waals surface area contributed by atoms with Crippen LogP contribution >= 0.6 is 0 Å². The predicted octanol–water partition coefficient (Wildman–Crippen LogP) is 8.51. The van der Waals surface area contributed by atoms with Crippen LogP contribution in [-0.4, -0.2) is 19.2 Å².